The van der Waals surface area contributed by atoms with E-state index < -0.39 is 0 Å². The minimum atomic E-state index is -0.0816. The van der Waals surface area contributed by atoms with Gasteiger partial charge in [0.1, 0.15) is 12.4 Å². The lowest BCUT2D eigenvalue weighted by molar-refractivity contribution is -0.0213. The molecule has 1 amide bonds. The molecular weight excluding hydrogens is 328 g/mol. The van der Waals surface area contributed by atoms with Gasteiger partial charge in [-0.15, -0.1) is 11.3 Å². The molecular formula is C17H20N2O4S. The average molecular weight is 348 g/mol. The monoisotopic (exact) mass is 348 g/mol. The highest BCUT2D eigenvalue weighted by Gasteiger charge is 2.29. The highest BCUT2D eigenvalue weighted by Crippen LogP contribution is 2.28. The van der Waals surface area contributed by atoms with Gasteiger partial charge in [-0.1, -0.05) is 6.07 Å². The van der Waals surface area contributed by atoms with Gasteiger partial charge in [0.15, 0.2) is 11.6 Å². The average Bonchev–Trinajstić information content (AvgIpc) is 3.34. The van der Waals surface area contributed by atoms with E-state index in [-0.39, 0.29) is 17.9 Å². The van der Waals surface area contributed by atoms with Gasteiger partial charge in [0.05, 0.1) is 13.2 Å². The van der Waals surface area contributed by atoms with E-state index >= 15 is 0 Å². The maximum atomic E-state index is 12.7. The van der Waals surface area contributed by atoms with E-state index in [1.165, 1.54) is 6.26 Å². The Balaban J connectivity index is 1.44. The van der Waals surface area contributed by atoms with Gasteiger partial charge in [0, 0.05) is 30.6 Å². The van der Waals surface area contributed by atoms with Crippen LogP contribution >= 0.6 is 11.3 Å². The van der Waals surface area contributed by atoms with Crippen molar-refractivity contribution in [1.82, 2.24) is 9.88 Å². The van der Waals surface area contributed by atoms with Gasteiger partial charge >= 0.3 is 0 Å². The van der Waals surface area contributed by atoms with E-state index in [1.54, 1.807) is 16.2 Å². The third-order valence-corrected chi connectivity index (χ3v) is 5.49. The maximum Gasteiger partial charge on any atom is 0.275 e. The smallest absolute Gasteiger partial charge is 0.275 e. The summed E-state index contributed by atoms with van der Waals surface area (Å²) in [7, 11) is 0. The first-order chi connectivity index (χ1) is 11.8. The quantitative estimate of drug-likeness (QED) is 0.853. The van der Waals surface area contributed by atoms with Crippen molar-refractivity contribution in [2.45, 2.75) is 24.9 Å². The molecule has 1 atom stereocenters. The van der Waals surface area contributed by atoms with E-state index in [1.807, 2.05) is 17.5 Å². The first-order valence-electron chi connectivity index (χ1n) is 8.28. The van der Waals surface area contributed by atoms with Crippen LogP contribution in [0, 0.1) is 0 Å². The number of carbonyl (C=O) groups excluding carboxylic acids is 1. The third kappa shape index (κ3) is 3.24. The molecule has 2 aliphatic heterocycles. The summed E-state index contributed by atoms with van der Waals surface area (Å²) >= 11 is 1.65. The third-order valence-electron chi connectivity index (χ3n) is 4.53. The lowest BCUT2D eigenvalue weighted by atomic mass is 10.0. The van der Waals surface area contributed by atoms with Crippen molar-refractivity contribution in [3.8, 4) is 0 Å². The molecule has 0 aromatic carbocycles. The number of ether oxygens (including phenoxy) is 2. The Labute approximate surface area is 144 Å². The Hall–Kier alpha value is -1.70. The summed E-state index contributed by atoms with van der Waals surface area (Å²) in [5.74, 6) is 0.829. The summed E-state index contributed by atoms with van der Waals surface area (Å²) in [6, 6.07) is 4.05. The fourth-order valence-corrected chi connectivity index (χ4v) is 3.93. The Bertz CT molecular complexity index is 679. The van der Waals surface area contributed by atoms with Crippen LogP contribution in [0.1, 0.15) is 46.1 Å². The van der Waals surface area contributed by atoms with Crippen LogP contribution in [0.3, 0.4) is 0 Å². The molecule has 128 valence electrons. The van der Waals surface area contributed by atoms with Crippen molar-refractivity contribution >= 4 is 17.2 Å². The first kappa shape index (κ1) is 15.8. The lowest BCUT2D eigenvalue weighted by Crippen LogP contribution is -2.42. The van der Waals surface area contributed by atoms with E-state index in [0.717, 1.165) is 30.9 Å². The second kappa shape index (κ2) is 7.04. The second-order valence-electron chi connectivity index (χ2n) is 6.08. The van der Waals surface area contributed by atoms with Crippen LogP contribution in [-0.2, 0) is 9.47 Å². The van der Waals surface area contributed by atoms with Crippen LogP contribution in [0.5, 0.6) is 0 Å². The molecule has 2 fully saturated rings. The highest BCUT2D eigenvalue weighted by atomic mass is 32.1. The normalized spacial score (nSPS) is 22.7. The van der Waals surface area contributed by atoms with Gasteiger partial charge < -0.3 is 18.8 Å². The standard InChI is InChI=1S/C17H20N2O4S/c20-17(13-11-23-16(18-13)12-3-6-21-7-4-12)19-5-8-22-14(10-19)15-2-1-9-24-15/h1-2,9,11-12,14H,3-8,10H2. The SMILES string of the molecule is O=C(c1coc(C2CCOCC2)n1)N1CCOC(c2cccs2)C1. The number of hydrogen-bond acceptors (Lipinski definition) is 6. The molecule has 2 saturated heterocycles. The minimum absolute atomic E-state index is 0.0513. The van der Waals surface area contributed by atoms with Crippen molar-refractivity contribution in [1.29, 1.82) is 0 Å². The Morgan fingerprint density at radius 3 is 2.96 bits per heavy atom. The van der Waals surface area contributed by atoms with Gasteiger partial charge in [-0.25, -0.2) is 4.98 Å². The number of carbonyl (C=O) groups is 1. The van der Waals surface area contributed by atoms with Gasteiger partial charge in [-0.05, 0) is 24.3 Å². The molecule has 1 unspecified atom stereocenters. The van der Waals surface area contributed by atoms with E-state index in [2.05, 4.69) is 4.98 Å². The molecule has 0 saturated carbocycles. The minimum Gasteiger partial charge on any atom is -0.448 e. The van der Waals surface area contributed by atoms with E-state index in [0.29, 0.717) is 31.3 Å². The van der Waals surface area contributed by atoms with Crippen molar-refractivity contribution < 1.29 is 18.7 Å². The van der Waals surface area contributed by atoms with E-state index in [9.17, 15) is 4.79 Å². The van der Waals surface area contributed by atoms with Crippen LogP contribution in [0.4, 0.5) is 0 Å². The molecule has 2 aromatic rings. The highest BCUT2D eigenvalue weighted by molar-refractivity contribution is 7.10. The van der Waals surface area contributed by atoms with Crippen molar-refractivity contribution in [2.75, 3.05) is 32.9 Å². The van der Waals surface area contributed by atoms with Crippen LogP contribution in [0.15, 0.2) is 28.2 Å². The maximum absolute atomic E-state index is 12.7. The number of rotatable bonds is 3. The number of hydrogen-bond donors (Lipinski definition) is 0. The number of morpholine rings is 1. The van der Waals surface area contributed by atoms with Crippen LogP contribution in [0.25, 0.3) is 0 Å². The summed E-state index contributed by atoms with van der Waals surface area (Å²) in [5, 5.41) is 2.03. The summed E-state index contributed by atoms with van der Waals surface area (Å²) in [4.78, 5) is 20.1. The largest absolute Gasteiger partial charge is 0.448 e. The lowest BCUT2D eigenvalue weighted by Gasteiger charge is -2.32. The number of amides is 1. The van der Waals surface area contributed by atoms with Crippen LogP contribution in [-0.4, -0.2) is 48.7 Å². The Morgan fingerprint density at radius 1 is 1.29 bits per heavy atom. The molecule has 0 bridgehead atoms. The molecule has 0 spiro atoms. The molecule has 2 aliphatic rings. The van der Waals surface area contributed by atoms with Crippen LogP contribution < -0.4 is 0 Å². The summed E-state index contributed by atoms with van der Waals surface area (Å²) in [6.07, 6.45) is 3.23. The predicted molar refractivity (Wildman–Crippen MR) is 88.2 cm³/mol. The van der Waals surface area contributed by atoms with Crippen molar-refractivity contribution in [2.24, 2.45) is 0 Å². The molecule has 0 aliphatic carbocycles. The number of thiophene rings is 1. The molecule has 2 aromatic heterocycles. The van der Waals surface area contributed by atoms with E-state index in [4.69, 9.17) is 13.9 Å². The Kier molecular flexibility index (Phi) is 4.64. The summed E-state index contributed by atoms with van der Waals surface area (Å²) in [5.41, 5.74) is 0.392. The topological polar surface area (TPSA) is 64.8 Å². The molecule has 0 radical (unpaired) electrons. The molecule has 4 heterocycles. The van der Waals surface area contributed by atoms with Gasteiger partial charge in [-0.2, -0.15) is 0 Å². The predicted octanol–water partition coefficient (Wildman–Crippen LogP) is 2.84. The molecule has 6 nitrogen and oxygen atoms in total. The zero-order valence-corrected chi connectivity index (χ0v) is 14.2. The zero-order valence-electron chi connectivity index (χ0n) is 13.3. The first-order valence-corrected chi connectivity index (χ1v) is 9.16. The second-order valence-corrected chi connectivity index (χ2v) is 7.06. The molecule has 4 rings (SSSR count). The summed E-state index contributed by atoms with van der Waals surface area (Å²) < 4.78 is 16.7. The number of nitrogens with zero attached hydrogens (tertiary/aromatic N) is 2. The number of aromatic nitrogens is 1. The Morgan fingerprint density at radius 2 is 2.17 bits per heavy atom. The van der Waals surface area contributed by atoms with Gasteiger partial charge in [0.2, 0.25) is 0 Å². The summed E-state index contributed by atoms with van der Waals surface area (Å²) in [6.45, 7) is 3.13. The fraction of sp³-hybridized carbons (Fsp3) is 0.529. The molecule has 0 N–H and O–H groups in total. The molecule has 24 heavy (non-hydrogen) atoms. The molecule has 7 heteroatoms. The van der Waals surface area contributed by atoms with Gasteiger partial charge in [0.25, 0.3) is 5.91 Å². The zero-order chi connectivity index (χ0) is 16.4. The van der Waals surface area contributed by atoms with Crippen LogP contribution in [0.2, 0.25) is 0 Å². The van der Waals surface area contributed by atoms with Crippen molar-refractivity contribution in [3.05, 3.63) is 40.2 Å². The van der Waals surface area contributed by atoms with Crippen molar-refractivity contribution in [3.63, 3.8) is 0 Å². The van der Waals surface area contributed by atoms with Gasteiger partial charge in [-0.3, -0.25) is 4.79 Å². The fourth-order valence-electron chi connectivity index (χ4n) is 3.16. The number of oxazole rings is 1.